The molecule has 0 unspecified atom stereocenters. The van der Waals surface area contributed by atoms with Crippen molar-refractivity contribution in [2.45, 2.75) is 12.7 Å². The fourth-order valence-corrected chi connectivity index (χ4v) is 2.66. The highest BCUT2D eigenvalue weighted by molar-refractivity contribution is 8.13. The lowest BCUT2D eigenvalue weighted by Gasteiger charge is -1.99. The summed E-state index contributed by atoms with van der Waals surface area (Å²) < 4.78 is 4.97. The Morgan fingerprint density at radius 1 is 1.16 bits per heavy atom. The Kier molecular flexibility index (Phi) is 5.58. The van der Waals surface area contributed by atoms with Gasteiger partial charge in [0.1, 0.15) is 0 Å². The first-order chi connectivity index (χ1) is 12.2. The van der Waals surface area contributed by atoms with E-state index >= 15 is 0 Å². The quantitative estimate of drug-likeness (QED) is 0.431. The molecule has 0 aliphatic heterocycles. The maximum Gasteiger partial charge on any atom is 0.223 e. The first-order valence-corrected chi connectivity index (χ1v) is 8.63. The van der Waals surface area contributed by atoms with E-state index in [0.29, 0.717) is 16.9 Å². The van der Waals surface area contributed by atoms with Crippen LogP contribution in [0.25, 0.3) is 11.4 Å². The number of rotatable bonds is 5. The van der Waals surface area contributed by atoms with Crippen LogP contribution in [0.15, 0.2) is 69.3 Å². The van der Waals surface area contributed by atoms with Crippen LogP contribution in [-0.2, 0) is 5.75 Å². The summed E-state index contributed by atoms with van der Waals surface area (Å²) in [5, 5.41) is 12.3. The van der Waals surface area contributed by atoms with Crippen LogP contribution in [0.1, 0.15) is 17.0 Å². The van der Waals surface area contributed by atoms with Crippen molar-refractivity contribution in [3.8, 4) is 11.4 Å². The van der Waals surface area contributed by atoms with Gasteiger partial charge in [-0.1, -0.05) is 71.5 Å². The maximum atomic E-state index is 5.86. The molecule has 0 saturated heterocycles. The zero-order valence-electron chi connectivity index (χ0n) is 13.7. The van der Waals surface area contributed by atoms with Gasteiger partial charge in [0, 0.05) is 18.2 Å². The van der Waals surface area contributed by atoms with Gasteiger partial charge in [0.2, 0.25) is 11.7 Å². The van der Waals surface area contributed by atoms with E-state index in [1.165, 1.54) is 17.3 Å². The van der Waals surface area contributed by atoms with Gasteiger partial charge in [0.05, 0.1) is 6.21 Å². The highest BCUT2D eigenvalue weighted by Gasteiger charge is 2.04. The van der Waals surface area contributed by atoms with Crippen LogP contribution in [-0.4, -0.2) is 21.5 Å². The van der Waals surface area contributed by atoms with Crippen molar-refractivity contribution < 1.29 is 4.52 Å². The van der Waals surface area contributed by atoms with Crippen LogP contribution in [0, 0.1) is 6.92 Å². The van der Waals surface area contributed by atoms with E-state index in [1.54, 1.807) is 13.1 Å². The average molecular weight is 351 g/mol. The predicted octanol–water partition coefficient (Wildman–Crippen LogP) is 3.63. The van der Waals surface area contributed by atoms with E-state index < -0.39 is 0 Å². The fraction of sp³-hybridized carbons (Fsp3) is 0.111. The average Bonchev–Trinajstić information content (AvgIpc) is 3.08. The van der Waals surface area contributed by atoms with Crippen molar-refractivity contribution in [3.63, 3.8) is 0 Å². The van der Waals surface area contributed by atoms with Crippen LogP contribution >= 0.6 is 11.8 Å². The standard InChI is InChI=1S/C18H17N5OS/c1-13-21-17(23-24-13)16-9-7-14(8-10-16)11-20-22-18(19)25-12-15-5-3-2-4-6-15/h2-11H,12H2,1H3,(H2,19,22). The van der Waals surface area contributed by atoms with Crippen LogP contribution in [0.5, 0.6) is 0 Å². The van der Waals surface area contributed by atoms with E-state index in [0.717, 1.165) is 16.9 Å². The van der Waals surface area contributed by atoms with Gasteiger partial charge in [-0.2, -0.15) is 10.1 Å². The van der Waals surface area contributed by atoms with Crippen LogP contribution in [0.3, 0.4) is 0 Å². The molecule has 0 bridgehead atoms. The molecule has 1 aromatic heterocycles. The van der Waals surface area contributed by atoms with Crippen molar-refractivity contribution in [3.05, 3.63) is 71.6 Å². The van der Waals surface area contributed by atoms with E-state index in [-0.39, 0.29) is 0 Å². The fourth-order valence-electron chi connectivity index (χ4n) is 2.05. The molecule has 126 valence electrons. The molecule has 2 N–H and O–H groups in total. The van der Waals surface area contributed by atoms with Crippen molar-refractivity contribution in [1.29, 1.82) is 0 Å². The second-order valence-corrected chi connectivity index (χ2v) is 6.21. The number of nitrogens with two attached hydrogens (primary N) is 1. The minimum absolute atomic E-state index is 0.430. The molecule has 0 spiro atoms. The van der Waals surface area contributed by atoms with Gasteiger partial charge in [-0.05, 0) is 11.1 Å². The van der Waals surface area contributed by atoms with Gasteiger partial charge in [-0.3, -0.25) is 0 Å². The lowest BCUT2D eigenvalue weighted by molar-refractivity contribution is 0.394. The van der Waals surface area contributed by atoms with Gasteiger partial charge in [-0.25, -0.2) is 0 Å². The summed E-state index contributed by atoms with van der Waals surface area (Å²) in [6, 6.07) is 17.7. The van der Waals surface area contributed by atoms with Crippen LogP contribution in [0.4, 0.5) is 0 Å². The van der Waals surface area contributed by atoms with Gasteiger partial charge in [-0.15, -0.1) is 5.10 Å². The van der Waals surface area contributed by atoms with Gasteiger partial charge in [0.15, 0.2) is 5.17 Å². The monoisotopic (exact) mass is 351 g/mol. The molecule has 0 radical (unpaired) electrons. The normalized spacial score (nSPS) is 12.0. The lowest BCUT2D eigenvalue weighted by Crippen LogP contribution is -2.05. The Balaban J connectivity index is 1.56. The van der Waals surface area contributed by atoms with Crippen molar-refractivity contribution >= 4 is 23.1 Å². The summed E-state index contributed by atoms with van der Waals surface area (Å²) in [5.41, 5.74) is 8.85. The number of aromatic nitrogens is 2. The van der Waals surface area contributed by atoms with Gasteiger partial charge >= 0.3 is 0 Å². The molecular weight excluding hydrogens is 334 g/mol. The summed E-state index contributed by atoms with van der Waals surface area (Å²) in [4.78, 5) is 4.19. The molecule has 1 heterocycles. The zero-order valence-corrected chi connectivity index (χ0v) is 14.5. The Morgan fingerprint density at radius 3 is 2.60 bits per heavy atom. The Hall–Kier alpha value is -2.93. The summed E-state index contributed by atoms with van der Waals surface area (Å²) in [7, 11) is 0. The molecule has 0 saturated carbocycles. The number of amidine groups is 1. The molecule has 3 aromatic rings. The second kappa shape index (κ2) is 8.25. The Labute approximate surface area is 149 Å². The molecule has 0 atom stereocenters. The molecule has 25 heavy (non-hydrogen) atoms. The highest BCUT2D eigenvalue weighted by Crippen LogP contribution is 2.16. The summed E-state index contributed by atoms with van der Waals surface area (Å²) in [5.74, 6) is 1.88. The molecule has 7 heteroatoms. The van der Waals surface area contributed by atoms with Crippen LogP contribution in [0.2, 0.25) is 0 Å². The number of hydrogen-bond donors (Lipinski definition) is 1. The summed E-state index contributed by atoms with van der Waals surface area (Å²) >= 11 is 1.45. The Bertz CT molecular complexity index is 872. The van der Waals surface area contributed by atoms with E-state index in [9.17, 15) is 0 Å². The zero-order chi connectivity index (χ0) is 17.5. The largest absolute Gasteiger partial charge is 0.377 e. The lowest BCUT2D eigenvalue weighted by atomic mass is 10.1. The first-order valence-electron chi connectivity index (χ1n) is 7.65. The third-order valence-electron chi connectivity index (χ3n) is 3.29. The smallest absolute Gasteiger partial charge is 0.223 e. The van der Waals surface area contributed by atoms with Crippen molar-refractivity contribution in [1.82, 2.24) is 10.1 Å². The summed E-state index contributed by atoms with van der Waals surface area (Å²) in [6.07, 6.45) is 1.65. The van der Waals surface area contributed by atoms with E-state index in [1.807, 2.05) is 42.5 Å². The second-order valence-electron chi connectivity index (χ2n) is 5.22. The maximum absolute atomic E-state index is 5.86. The van der Waals surface area contributed by atoms with Crippen LogP contribution < -0.4 is 5.73 Å². The highest BCUT2D eigenvalue weighted by atomic mass is 32.2. The molecule has 0 fully saturated rings. The number of aryl methyl sites for hydroxylation is 1. The minimum atomic E-state index is 0.430. The minimum Gasteiger partial charge on any atom is -0.377 e. The van der Waals surface area contributed by atoms with Crippen molar-refractivity contribution in [2.24, 2.45) is 15.9 Å². The third kappa shape index (κ3) is 5.02. The molecule has 2 aromatic carbocycles. The number of benzene rings is 2. The number of thioether (sulfide) groups is 1. The van der Waals surface area contributed by atoms with Gasteiger partial charge in [0.25, 0.3) is 0 Å². The van der Waals surface area contributed by atoms with E-state index in [4.69, 9.17) is 10.3 Å². The molecule has 0 amide bonds. The Morgan fingerprint density at radius 2 is 1.92 bits per heavy atom. The number of nitrogens with zero attached hydrogens (tertiary/aromatic N) is 4. The predicted molar refractivity (Wildman–Crippen MR) is 101 cm³/mol. The molecule has 0 aliphatic carbocycles. The summed E-state index contributed by atoms with van der Waals surface area (Å²) in [6.45, 7) is 1.76. The van der Waals surface area contributed by atoms with E-state index in [2.05, 4.69) is 32.5 Å². The third-order valence-corrected chi connectivity index (χ3v) is 4.14. The first kappa shape index (κ1) is 16.9. The van der Waals surface area contributed by atoms with Crippen molar-refractivity contribution in [2.75, 3.05) is 0 Å². The molecule has 3 rings (SSSR count). The van der Waals surface area contributed by atoms with Gasteiger partial charge < -0.3 is 10.3 Å². The SMILES string of the molecule is Cc1nc(-c2ccc(C=NN=C(N)SCc3ccccc3)cc2)no1. The topological polar surface area (TPSA) is 89.7 Å². The molecular formula is C18H17N5OS. The number of hydrogen-bond acceptors (Lipinski definition) is 6. The molecule has 6 nitrogen and oxygen atoms in total. The molecule has 0 aliphatic rings.